The lowest BCUT2D eigenvalue weighted by Gasteiger charge is -2.27. The molecule has 0 saturated carbocycles. The van der Waals surface area contributed by atoms with Crippen molar-refractivity contribution in [3.8, 4) is 0 Å². The predicted molar refractivity (Wildman–Crippen MR) is 97.2 cm³/mol. The van der Waals surface area contributed by atoms with E-state index in [0.29, 0.717) is 37.2 Å². The van der Waals surface area contributed by atoms with Crippen molar-refractivity contribution in [3.05, 3.63) is 34.9 Å². The molecule has 4 amide bonds. The molecule has 3 aliphatic heterocycles. The topological polar surface area (TPSA) is 128 Å². The number of aliphatic hydroxyl groups is 1. The first-order chi connectivity index (χ1) is 13.5. The number of β-amino-alcohol motifs (C(OH)–C–C–N with tert-alkyl or cyclic N) is 1. The van der Waals surface area contributed by atoms with E-state index in [4.69, 9.17) is 0 Å². The molecule has 4 N–H and O–H groups in total. The summed E-state index contributed by atoms with van der Waals surface area (Å²) >= 11 is 0. The summed E-state index contributed by atoms with van der Waals surface area (Å²) in [5, 5.41) is 18.2. The van der Waals surface area contributed by atoms with Crippen LogP contribution in [0.5, 0.6) is 0 Å². The van der Waals surface area contributed by atoms with E-state index in [2.05, 4.69) is 16.0 Å². The second kappa shape index (κ2) is 7.42. The van der Waals surface area contributed by atoms with Gasteiger partial charge in [0.05, 0.1) is 17.2 Å². The van der Waals surface area contributed by atoms with Crippen molar-refractivity contribution in [2.75, 3.05) is 13.1 Å². The van der Waals surface area contributed by atoms with Crippen LogP contribution in [0.2, 0.25) is 0 Å². The number of hydrogen-bond donors (Lipinski definition) is 4. The van der Waals surface area contributed by atoms with E-state index >= 15 is 0 Å². The highest BCUT2D eigenvalue weighted by atomic mass is 16.3. The van der Waals surface area contributed by atoms with Crippen LogP contribution in [-0.4, -0.2) is 64.9 Å². The monoisotopic (exact) mass is 386 g/mol. The lowest BCUT2D eigenvalue weighted by atomic mass is 10.0. The molecule has 3 aliphatic rings. The van der Waals surface area contributed by atoms with Gasteiger partial charge in [-0.25, -0.2) is 0 Å². The van der Waals surface area contributed by atoms with E-state index in [1.807, 2.05) is 0 Å². The van der Waals surface area contributed by atoms with Gasteiger partial charge in [-0.2, -0.15) is 0 Å². The van der Waals surface area contributed by atoms with Crippen molar-refractivity contribution in [2.45, 2.75) is 44.0 Å². The largest absolute Gasteiger partial charge is 0.392 e. The van der Waals surface area contributed by atoms with Gasteiger partial charge in [0.15, 0.2) is 0 Å². The molecule has 0 radical (unpaired) electrons. The summed E-state index contributed by atoms with van der Waals surface area (Å²) in [6.07, 6.45) is 0.562. The first-order valence-corrected chi connectivity index (χ1v) is 9.41. The van der Waals surface area contributed by atoms with Crippen LogP contribution in [0.3, 0.4) is 0 Å². The zero-order valence-corrected chi connectivity index (χ0v) is 15.2. The van der Waals surface area contributed by atoms with Crippen molar-refractivity contribution < 1.29 is 24.3 Å². The number of fused-ring (bicyclic) bond motifs is 1. The third-order valence-electron chi connectivity index (χ3n) is 5.46. The first kappa shape index (κ1) is 18.7. The second-order valence-electron chi connectivity index (χ2n) is 7.41. The third kappa shape index (κ3) is 3.32. The molecule has 0 bridgehead atoms. The molecule has 9 heteroatoms. The Balaban J connectivity index is 1.49. The smallest absolute Gasteiger partial charge is 0.262 e. The second-order valence-corrected chi connectivity index (χ2v) is 7.41. The van der Waals surface area contributed by atoms with Gasteiger partial charge in [-0.05, 0) is 24.5 Å². The van der Waals surface area contributed by atoms with Gasteiger partial charge in [0, 0.05) is 32.1 Å². The van der Waals surface area contributed by atoms with Gasteiger partial charge in [0.25, 0.3) is 11.8 Å². The van der Waals surface area contributed by atoms with Crippen LogP contribution in [0.4, 0.5) is 0 Å². The van der Waals surface area contributed by atoms with E-state index in [1.165, 1.54) is 0 Å². The Bertz CT molecular complexity index is 855. The van der Waals surface area contributed by atoms with Gasteiger partial charge in [0.1, 0.15) is 6.04 Å². The fourth-order valence-corrected chi connectivity index (χ4v) is 4.07. The average Bonchev–Trinajstić information content (AvgIpc) is 3.18. The van der Waals surface area contributed by atoms with E-state index in [-0.39, 0.29) is 30.6 Å². The number of amides is 4. The minimum absolute atomic E-state index is 0.0957. The predicted octanol–water partition coefficient (Wildman–Crippen LogP) is -1.10. The van der Waals surface area contributed by atoms with Gasteiger partial charge in [-0.15, -0.1) is 0 Å². The molecule has 1 unspecified atom stereocenters. The minimum Gasteiger partial charge on any atom is -0.392 e. The van der Waals surface area contributed by atoms with E-state index < -0.39 is 29.7 Å². The number of rotatable bonds is 5. The van der Waals surface area contributed by atoms with Crippen molar-refractivity contribution in [3.63, 3.8) is 0 Å². The molecule has 4 rings (SSSR count). The quantitative estimate of drug-likeness (QED) is 0.473. The molecule has 28 heavy (non-hydrogen) atoms. The normalized spacial score (nSPS) is 27.3. The Morgan fingerprint density at radius 2 is 2.00 bits per heavy atom. The molecule has 1 aromatic rings. The summed E-state index contributed by atoms with van der Waals surface area (Å²) in [5.41, 5.74) is 1.27. The van der Waals surface area contributed by atoms with E-state index in [1.54, 1.807) is 18.2 Å². The highest BCUT2D eigenvalue weighted by molar-refractivity contribution is 6.24. The Morgan fingerprint density at radius 1 is 1.18 bits per heavy atom. The zero-order valence-electron chi connectivity index (χ0n) is 15.2. The Morgan fingerprint density at radius 3 is 2.71 bits per heavy atom. The van der Waals surface area contributed by atoms with Gasteiger partial charge in [0.2, 0.25) is 11.8 Å². The fraction of sp³-hybridized carbons (Fsp3) is 0.474. The summed E-state index contributed by atoms with van der Waals surface area (Å²) in [5.74, 6) is -2.01. The van der Waals surface area contributed by atoms with Crippen LogP contribution in [0.15, 0.2) is 18.2 Å². The maximum Gasteiger partial charge on any atom is 0.262 e. The number of carbonyl (C=O) groups excluding carboxylic acids is 4. The van der Waals surface area contributed by atoms with Crippen LogP contribution >= 0.6 is 0 Å². The van der Waals surface area contributed by atoms with Crippen molar-refractivity contribution in [1.82, 2.24) is 20.9 Å². The zero-order chi connectivity index (χ0) is 19.8. The molecule has 0 aromatic heterocycles. The van der Waals surface area contributed by atoms with Crippen LogP contribution in [0, 0.1) is 0 Å². The minimum atomic E-state index is -0.963. The molecular weight excluding hydrogens is 364 g/mol. The van der Waals surface area contributed by atoms with E-state index in [0.717, 1.165) is 4.90 Å². The SMILES string of the molecule is O=C1CCC(N2C(=O)c3cccc(CNC[C@@H]4C[C@H](O)CN4)c3C2=O)C(=O)N1. The van der Waals surface area contributed by atoms with Gasteiger partial charge in [-0.1, -0.05) is 12.1 Å². The molecular formula is C19H22N4O5. The standard InChI is InChI=1S/C19H22N4O5/c24-12-6-11(21-9-12)8-20-7-10-2-1-3-13-16(10)19(28)23(18(13)27)14-4-5-15(25)22-17(14)26/h1-3,11-12,14,20-21,24H,4-9H2,(H,22,25,26)/t11-,12-,14?/m0/s1. The summed E-state index contributed by atoms with van der Waals surface area (Å²) in [7, 11) is 0. The molecule has 0 spiro atoms. The molecule has 2 saturated heterocycles. The number of piperidine rings is 1. The Hall–Kier alpha value is -2.62. The van der Waals surface area contributed by atoms with Crippen LogP contribution in [0.25, 0.3) is 0 Å². The fourth-order valence-electron chi connectivity index (χ4n) is 4.07. The Labute approximate surface area is 161 Å². The highest BCUT2D eigenvalue weighted by Gasteiger charge is 2.45. The first-order valence-electron chi connectivity index (χ1n) is 9.41. The summed E-state index contributed by atoms with van der Waals surface area (Å²) in [6.45, 7) is 1.58. The molecule has 1 aromatic carbocycles. The van der Waals surface area contributed by atoms with Crippen molar-refractivity contribution in [1.29, 1.82) is 0 Å². The maximum absolute atomic E-state index is 13.0. The molecule has 3 atom stereocenters. The summed E-state index contributed by atoms with van der Waals surface area (Å²) in [6, 6.07) is 4.27. The molecule has 2 fully saturated rings. The van der Waals surface area contributed by atoms with Gasteiger partial charge in [-0.3, -0.25) is 29.4 Å². The molecule has 0 aliphatic carbocycles. The third-order valence-corrected chi connectivity index (χ3v) is 5.46. The van der Waals surface area contributed by atoms with Crippen molar-refractivity contribution >= 4 is 23.6 Å². The number of nitrogens with zero attached hydrogens (tertiary/aromatic N) is 1. The van der Waals surface area contributed by atoms with Crippen LogP contribution in [0.1, 0.15) is 45.5 Å². The maximum atomic E-state index is 13.0. The van der Waals surface area contributed by atoms with Crippen molar-refractivity contribution in [2.24, 2.45) is 0 Å². The lowest BCUT2D eigenvalue weighted by molar-refractivity contribution is -0.136. The number of imide groups is 2. The van der Waals surface area contributed by atoms with Crippen LogP contribution in [-0.2, 0) is 16.1 Å². The average molecular weight is 386 g/mol. The molecule has 9 nitrogen and oxygen atoms in total. The highest BCUT2D eigenvalue weighted by Crippen LogP contribution is 2.29. The number of nitrogens with one attached hydrogen (secondary N) is 3. The van der Waals surface area contributed by atoms with Gasteiger partial charge < -0.3 is 15.7 Å². The lowest BCUT2D eigenvalue weighted by Crippen LogP contribution is -2.54. The number of benzene rings is 1. The summed E-state index contributed by atoms with van der Waals surface area (Å²) in [4.78, 5) is 50.3. The van der Waals surface area contributed by atoms with E-state index in [9.17, 15) is 24.3 Å². The molecule has 148 valence electrons. The Kier molecular flexibility index (Phi) is 4.96. The summed E-state index contributed by atoms with van der Waals surface area (Å²) < 4.78 is 0. The molecule has 3 heterocycles. The number of hydrogen-bond acceptors (Lipinski definition) is 7. The number of carbonyl (C=O) groups is 4. The van der Waals surface area contributed by atoms with Crippen LogP contribution < -0.4 is 16.0 Å². The van der Waals surface area contributed by atoms with Gasteiger partial charge >= 0.3 is 0 Å². The number of aliphatic hydroxyl groups excluding tert-OH is 1.